The van der Waals surface area contributed by atoms with Crippen LogP contribution < -0.4 is 20.7 Å². The van der Waals surface area contributed by atoms with Crippen molar-refractivity contribution in [1.29, 1.82) is 0 Å². The van der Waals surface area contributed by atoms with Crippen LogP contribution in [0.3, 0.4) is 0 Å². The summed E-state index contributed by atoms with van der Waals surface area (Å²) in [5.41, 5.74) is 2.56. The van der Waals surface area contributed by atoms with E-state index in [1.807, 2.05) is 0 Å². The summed E-state index contributed by atoms with van der Waals surface area (Å²) in [4.78, 5) is 0. The monoisotopic (exact) mass is 462 g/mol. The molecule has 1 heteroatoms. The lowest BCUT2D eigenvalue weighted by Crippen LogP contribution is -2.75. The van der Waals surface area contributed by atoms with E-state index in [9.17, 15) is 0 Å². The van der Waals surface area contributed by atoms with Crippen LogP contribution in [-0.4, -0.2) is 8.07 Å². The van der Waals surface area contributed by atoms with Crippen molar-refractivity contribution in [1.82, 2.24) is 0 Å². The molecule has 0 nitrogen and oxygen atoms in total. The van der Waals surface area contributed by atoms with Gasteiger partial charge in [-0.1, -0.05) is 158 Å². The third kappa shape index (κ3) is 3.62. The summed E-state index contributed by atoms with van der Waals surface area (Å²) in [5, 5.41) is 8.25. The van der Waals surface area contributed by atoms with Crippen molar-refractivity contribution >= 4 is 39.6 Å². The van der Waals surface area contributed by atoms with Crippen molar-refractivity contribution in [2.45, 2.75) is 0 Å². The van der Waals surface area contributed by atoms with E-state index in [2.05, 4.69) is 158 Å². The molecule has 0 radical (unpaired) electrons. The molecule has 0 fully saturated rings. The third-order valence-corrected chi connectivity index (χ3v) is 11.9. The lowest BCUT2D eigenvalue weighted by atomic mass is 10.1. The van der Waals surface area contributed by atoms with Crippen molar-refractivity contribution in [3.8, 4) is 11.1 Å². The van der Waals surface area contributed by atoms with Gasteiger partial charge < -0.3 is 0 Å². The molecule has 35 heavy (non-hydrogen) atoms. The number of benzene rings is 6. The summed E-state index contributed by atoms with van der Waals surface area (Å²) < 4.78 is 0. The highest BCUT2D eigenvalue weighted by Gasteiger charge is 2.43. The second kappa shape index (κ2) is 9.21. The fourth-order valence-corrected chi connectivity index (χ4v) is 10.8. The second-order valence-corrected chi connectivity index (χ2v) is 12.7. The van der Waals surface area contributed by atoms with E-state index in [0.29, 0.717) is 0 Å². The number of hydrogen-bond donors (Lipinski definition) is 0. The third-order valence-electron chi connectivity index (χ3n) is 7.02. The first-order valence-corrected chi connectivity index (χ1v) is 14.1. The van der Waals surface area contributed by atoms with E-state index < -0.39 is 8.07 Å². The van der Waals surface area contributed by atoms with Crippen LogP contribution in [0, 0.1) is 0 Å². The molecule has 6 aromatic carbocycles. The number of hydrogen-bond acceptors (Lipinski definition) is 0. The maximum absolute atomic E-state index is 2.69. The Kier molecular flexibility index (Phi) is 5.61. The van der Waals surface area contributed by atoms with Gasteiger partial charge in [-0.2, -0.15) is 0 Å². The molecule has 0 unspecified atom stereocenters. The van der Waals surface area contributed by atoms with Crippen LogP contribution in [0.4, 0.5) is 0 Å². The Morgan fingerprint density at radius 1 is 0.343 bits per heavy atom. The van der Waals surface area contributed by atoms with Gasteiger partial charge in [-0.15, -0.1) is 0 Å². The molecule has 0 bridgehead atoms. The lowest BCUT2D eigenvalue weighted by molar-refractivity contribution is 1.63. The van der Waals surface area contributed by atoms with Crippen molar-refractivity contribution in [3.05, 3.63) is 158 Å². The second-order valence-electron chi connectivity index (χ2n) is 8.92. The van der Waals surface area contributed by atoms with E-state index in [0.717, 1.165) is 0 Å². The van der Waals surface area contributed by atoms with Gasteiger partial charge in [0.05, 0.1) is 0 Å². The van der Waals surface area contributed by atoms with Crippen molar-refractivity contribution in [2.24, 2.45) is 0 Å². The average Bonchev–Trinajstić information content (AvgIpc) is 2.95. The Balaban J connectivity index is 1.83. The standard InChI is InChI=1S/C34H26Si/c1-4-15-27(16-5-1)31-24-12-13-25-33(31)35(29-19-6-2-7-20-29,30-21-8-3-9-22-30)34-26-14-18-28-17-10-11-23-32(28)34/h1-26H. The first-order valence-electron chi connectivity index (χ1n) is 12.1. The summed E-state index contributed by atoms with van der Waals surface area (Å²) >= 11 is 0. The maximum atomic E-state index is 2.37. The minimum atomic E-state index is -2.69. The molecule has 0 N–H and O–H groups in total. The minimum absolute atomic E-state index is 1.26. The molecule has 0 atom stereocenters. The highest BCUT2D eigenvalue weighted by molar-refractivity contribution is 7.21. The van der Waals surface area contributed by atoms with Crippen LogP contribution in [0.15, 0.2) is 158 Å². The summed E-state index contributed by atoms with van der Waals surface area (Å²) in [6.45, 7) is 0. The van der Waals surface area contributed by atoms with Crippen molar-refractivity contribution < 1.29 is 0 Å². The van der Waals surface area contributed by atoms with Gasteiger partial charge in [0.1, 0.15) is 0 Å². The fourth-order valence-electron chi connectivity index (χ4n) is 5.54. The van der Waals surface area contributed by atoms with E-state index in [4.69, 9.17) is 0 Å². The first kappa shape index (κ1) is 21.3. The molecule has 6 aromatic rings. The van der Waals surface area contributed by atoms with Crippen LogP contribution in [0.2, 0.25) is 0 Å². The molecule has 0 aliphatic heterocycles. The van der Waals surface area contributed by atoms with Crippen LogP contribution in [0.5, 0.6) is 0 Å². The van der Waals surface area contributed by atoms with Crippen LogP contribution in [-0.2, 0) is 0 Å². The predicted molar refractivity (Wildman–Crippen MR) is 153 cm³/mol. The zero-order valence-electron chi connectivity index (χ0n) is 19.5. The van der Waals surface area contributed by atoms with Gasteiger partial charge in [0.15, 0.2) is 8.07 Å². The molecular formula is C34H26Si. The number of fused-ring (bicyclic) bond motifs is 1. The molecule has 0 heterocycles. The smallest absolute Gasteiger partial charge is 0.0623 e. The molecule has 0 amide bonds. The van der Waals surface area contributed by atoms with Gasteiger partial charge in [0, 0.05) is 0 Å². The molecule has 0 saturated heterocycles. The predicted octanol–water partition coefficient (Wildman–Crippen LogP) is 5.88. The molecule has 0 saturated carbocycles. The Hall–Kier alpha value is -4.20. The minimum Gasteiger partial charge on any atom is -0.0623 e. The van der Waals surface area contributed by atoms with E-state index in [1.165, 1.54) is 42.6 Å². The molecule has 0 aliphatic carbocycles. The quantitative estimate of drug-likeness (QED) is 0.222. The maximum Gasteiger partial charge on any atom is 0.180 e. The van der Waals surface area contributed by atoms with Crippen molar-refractivity contribution in [3.63, 3.8) is 0 Å². The average molecular weight is 463 g/mol. The normalized spacial score (nSPS) is 11.4. The van der Waals surface area contributed by atoms with E-state index >= 15 is 0 Å². The SMILES string of the molecule is c1ccc(-c2ccccc2[Si](c2ccccc2)(c2ccccc2)c2cccc3ccccc23)cc1. The van der Waals surface area contributed by atoms with E-state index in [-0.39, 0.29) is 0 Å². The molecule has 6 rings (SSSR count). The summed E-state index contributed by atoms with van der Waals surface area (Å²) in [6.07, 6.45) is 0. The van der Waals surface area contributed by atoms with Crippen LogP contribution in [0.1, 0.15) is 0 Å². The molecule has 0 spiro atoms. The molecular weight excluding hydrogens is 436 g/mol. The molecule has 166 valence electrons. The van der Waals surface area contributed by atoms with Crippen LogP contribution >= 0.6 is 0 Å². The summed E-state index contributed by atoms with van der Waals surface area (Å²) in [5.74, 6) is 0. The molecule has 0 aromatic heterocycles. The highest BCUT2D eigenvalue weighted by Crippen LogP contribution is 2.23. The topological polar surface area (TPSA) is 0 Å². The van der Waals surface area contributed by atoms with Gasteiger partial charge in [-0.25, -0.2) is 0 Å². The Bertz CT molecular complexity index is 1530. The van der Waals surface area contributed by atoms with Gasteiger partial charge in [0.2, 0.25) is 0 Å². The van der Waals surface area contributed by atoms with Crippen LogP contribution in [0.25, 0.3) is 21.9 Å². The van der Waals surface area contributed by atoms with Gasteiger partial charge >= 0.3 is 0 Å². The first-order chi connectivity index (χ1) is 17.4. The summed E-state index contributed by atoms with van der Waals surface area (Å²) in [6, 6.07) is 57.9. The Morgan fingerprint density at radius 2 is 0.829 bits per heavy atom. The highest BCUT2D eigenvalue weighted by atomic mass is 28.3. The van der Waals surface area contributed by atoms with E-state index in [1.54, 1.807) is 0 Å². The Labute approximate surface area is 208 Å². The Morgan fingerprint density at radius 3 is 1.51 bits per heavy atom. The van der Waals surface area contributed by atoms with Gasteiger partial charge in [-0.3, -0.25) is 0 Å². The van der Waals surface area contributed by atoms with Gasteiger partial charge in [-0.05, 0) is 42.6 Å². The zero-order chi connectivity index (χ0) is 23.5. The lowest BCUT2D eigenvalue weighted by Gasteiger charge is -2.36. The zero-order valence-corrected chi connectivity index (χ0v) is 20.5. The van der Waals surface area contributed by atoms with Gasteiger partial charge in [0.25, 0.3) is 0 Å². The fraction of sp³-hybridized carbons (Fsp3) is 0. The summed E-state index contributed by atoms with van der Waals surface area (Å²) in [7, 11) is -2.69. The number of rotatable bonds is 5. The van der Waals surface area contributed by atoms with Crippen molar-refractivity contribution in [2.75, 3.05) is 0 Å². The largest absolute Gasteiger partial charge is 0.180 e. The molecule has 0 aliphatic rings.